The summed E-state index contributed by atoms with van der Waals surface area (Å²) in [5, 5.41) is 9.46. The van der Waals surface area contributed by atoms with Crippen molar-refractivity contribution in [1.29, 1.82) is 0 Å². The highest BCUT2D eigenvalue weighted by Gasteiger charge is 2.27. The van der Waals surface area contributed by atoms with Gasteiger partial charge in [0.15, 0.2) is 5.82 Å². The molecule has 0 spiro atoms. The van der Waals surface area contributed by atoms with Crippen LogP contribution in [0.15, 0.2) is 24.4 Å². The first kappa shape index (κ1) is 12.9. The first-order valence-corrected chi connectivity index (χ1v) is 6.02. The van der Waals surface area contributed by atoms with Crippen molar-refractivity contribution in [3.05, 3.63) is 30.1 Å². The Bertz CT molecular complexity index is 547. The van der Waals surface area contributed by atoms with E-state index in [-0.39, 0.29) is 12.1 Å². The summed E-state index contributed by atoms with van der Waals surface area (Å²) < 4.78 is 1.99. The van der Waals surface area contributed by atoms with Crippen molar-refractivity contribution < 1.29 is 5.11 Å². The standard InChI is InChI=1S/C13H20N4O/c1-13(2,9-18)16(3)12-10(8-14)17-7-5-4-6-11(17)15-12/h4-7,18H,8-9,14H2,1-3H3. The average molecular weight is 248 g/mol. The minimum atomic E-state index is -0.373. The molecule has 18 heavy (non-hydrogen) atoms. The summed E-state index contributed by atoms with van der Waals surface area (Å²) in [6.45, 7) is 4.41. The van der Waals surface area contributed by atoms with E-state index in [0.717, 1.165) is 17.2 Å². The summed E-state index contributed by atoms with van der Waals surface area (Å²) in [7, 11) is 1.93. The largest absolute Gasteiger partial charge is 0.394 e. The summed E-state index contributed by atoms with van der Waals surface area (Å²) >= 11 is 0. The molecule has 2 heterocycles. The maximum atomic E-state index is 9.46. The van der Waals surface area contributed by atoms with Crippen LogP contribution in [0.3, 0.4) is 0 Å². The van der Waals surface area contributed by atoms with Crippen molar-refractivity contribution in [1.82, 2.24) is 9.38 Å². The van der Waals surface area contributed by atoms with Crippen LogP contribution in [0.5, 0.6) is 0 Å². The summed E-state index contributed by atoms with van der Waals surface area (Å²) in [5.74, 6) is 0.822. The van der Waals surface area contributed by atoms with Crippen molar-refractivity contribution in [2.75, 3.05) is 18.6 Å². The lowest BCUT2D eigenvalue weighted by atomic mass is 10.1. The van der Waals surface area contributed by atoms with Gasteiger partial charge in [-0.15, -0.1) is 0 Å². The van der Waals surface area contributed by atoms with Crippen molar-refractivity contribution in [3.8, 4) is 0 Å². The molecular formula is C13H20N4O. The summed E-state index contributed by atoms with van der Waals surface area (Å²) in [5.41, 5.74) is 7.28. The molecule has 0 fully saturated rings. The van der Waals surface area contributed by atoms with Gasteiger partial charge in [0.05, 0.1) is 17.8 Å². The fourth-order valence-corrected chi connectivity index (χ4v) is 1.89. The van der Waals surface area contributed by atoms with E-state index in [1.54, 1.807) is 0 Å². The summed E-state index contributed by atoms with van der Waals surface area (Å²) in [4.78, 5) is 6.57. The first-order chi connectivity index (χ1) is 8.51. The van der Waals surface area contributed by atoms with Crippen LogP contribution in [-0.4, -0.2) is 33.7 Å². The first-order valence-electron chi connectivity index (χ1n) is 6.02. The molecule has 5 heteroatoms. The number of hydrogen-bond donors (Lipinski definition) is 2. The van der Waals surface area contributed by atoms with Gasteiger partial charge in [0, 0.05) is 19.8 Å². The molecule has 0 amide bonds. The van der Waals surface area contributed by atoms with E-state index in [0.29, 0.717) is 6.54 Å². The molecule has 2 rings (SSSR count). The van der Waals surface area contributed by atoms with Crippen LogP contribution in [0.4, 0.5) is 5.82 Å². The lowest BCUT2D eigenvalue weighted by Gasteiger charge is -2.34. The molecule has 2 aromatic heterocycles. The second-order valence-corrected chi connectivity index (χ2v) is 5.04. The Morgan fingerprint density at radius 2 is 2.17 bits per heavy atom. The number of aliphatic hydroxyl groups is 1. The Labute approximate surface area is 107 Å². The molecule has 98 valence electrons. The maximum absolute atomic E-state index is 9.46. The molecule has 0 atom stereocenters. The predicted octanol–water partition coefficient (Wildman–Crippen LogP) is 1.00. The Balaban J connectivity index is 2.57. The molecule has 0 saturated heterocycles. The van der Waals surface area contributed by atoms with E-state index < -0.39 is 0 Å². The Kier molecular flexibility index (Phi) is 3.28. The van der Waals surface area contributed by atoms with E-state index in [1.807, 2.05) is 54.6 Å². The Morgan fingerprint density at radius 1 is 1.44 bits per heavy atom. The number of aliphatic hydroxyl groups excluding tert-OH is 1. The van der Waals surface area contributed by atoms with Gasteiger partial charge in [-0.1, -0.05) is 6.07 Å². The van der Waals surface area contributed by atoms with E-state index in [9.17, 15) is 5.11 Å². The molecule has 5 nitrogen and oxygen atoms in total. The van der Waals surface area contributed by atoms with Crippen LogP contribution in [0.2, 0.25) is 0 Å². The molecule has 0 aliphatic carbocycles. The molecule has 0 unspecified atom stereocenters. The highest BCUT2D eigenvalue weighted by atomic mass is 16.3. The number of nitrogens with two attached hydrogens (primary N) is 1. The van der Waals surface area contributed by atoms with Gasteiger partial charge in [0.2, 0.25) is 0 Å². The Morgan fingerprint density at radius 3 is 2.78 bits per heavy atom. The summed E-state index contributed by atoms with van der Waals surface area (Å²) in [6, 6.07) is 5.85. The molecule has 0 aliphatic rings. The van der Waals surface area contributed by atoms with Crippen LogP contribution in [0.25, 0.3) is 5.65 Å². The van der Waals surface area contributed by atoms with E-state index in [2.05, 4.69) is 4.98 Å². The number of fused-ring (bicyclic) bond motifs is 1. The van der Waals surface area contributed by atoms with Gasteiger partial charge < -0.3 is 20.1 Å². The van der Waals surface area contributed by atoms with Gasteiger partial charge in [0.1, 0.15) is 5.65 Å². The van der Waals surface area contributed by atoms with E-state index >= 15 is 0 Å². The van der Waals surface area contributed by atoms with E-state index in [1.165, 1.54) is 0 Å². The van der Waals surface area contributed by atoms with Crippen LogP contribution in [-0.2, 0) is 6.54 Å². The molecule has 0 radical (unpaired) electrons. The third-order valence-electron chi connectivity index (χ3n) is 3.41. The smallest absolute Gasteiger partial charge is 0.152 e. The quantitative estimate of drug-likeness (QED) is 0.847. The number of nitrogens with zero attached hydrogens (tertiary/aromatic N) is 3. The summed E-state index contributed by atoms with van der Waals surface area (Å²) in [6.07, 6.45) is 1.95. The molecule has 0 aromatic carbocycles. The zero-order valence-electron chi connectivity index (χ0n) is 11.1. The second-order valence-electron chi connectivity index (χ2n) is 5.04. The van der Waals surface area contributed by atoms with Crippen LogP contribution < -0.4 is 10.6 Å². The predicted molar refractivity (Wildman–Crippen MR) is 72.7 cm³/mol. The molecule has 2 aromatic rings. The highest BCUT2D eigenvalue weighted by Crippen LogP contribution is 2.26. The third kappa shape index (κ3) is 1.95. The minimum Gasteiger partial charge on any atom is -0.394 e. The van der Waals surface area contributed by atoms with Gasteiger partial charge in [0.25, 0.3) is 0 Å². The monoisotopic (exact) mass is 248 g/mol. The molecular weight excluding hydrogens is 228 g/mol. The molecule has 0 bridgehead atoms. The Hall–Kier alpha value is -1.59. The van der Waals surface area contributed by atoms with Gasteiger partial charge in [-0.25, -0.2) is 4.98 Å². The SMILES string of the molecule is CN(c1nc2ccccn2c1CN)C(C)(C)CO. The normalized spacial score (nSPS) is 12.1. The van der Waals surface area contributed by atoms with Gasteiger partial charge >= 0.3 is 0 Å². The lowest BCUT2D eigenvalue weighted by molar-refractivity contribution is 0.215. The number of anilines is 1. The topological polar surface area (TPSA) is 66.8 Å². The highest BCUT2D eigenvalue weighted by molar-refractivity contribution is 5.56. The van der Waals surface area contributed by atoms with E-state index in [4.69, 9.17) is 5.73 Å². The van der Waals surface area contributed by atoms with Crippen molar-refractivity contribution in [2.24, 2.45) is 5.73 Å². The number of pyridine rings is 1. The van der Waals surface area contributed by atoms with Crippen molar-refractivity contribution in [2.45, 2.75) is 25.9 Å². The van der Waals surface area contributed by atoms with Crippen molar-refractivity contribution >= 4 is 11.5 Å². The molecule has 0 aliphatic heterocycles. The number of hydrogen-bond acceptors (Lipinski definition) is 4. The zero-order valence-corrected chi connectivity index (χ0v) is 11.1. The second kappa shape index (κ2) is 4.59. The van der Waals surface area contributed by atoms with Crippen molar-refractivity contribution in [3.63, 3.8) is 0 Å². The number of rotatable bonds is 4. The maximum Gasteiger partial charge on any atom is 0.152 e. The number of aromatic nitrogens is 2. The molecule has 3 N–H and O–H groups in total. The van der Waals surface area contributed by atoms with Gasteiger partial charge in [-0.05, 0) is 26.0 Å². The van der Waals surface area contributed by atoms with Crippen LogP contribution >= 0.6 is 0 Å². The number of likely N-dealkylation sites (N-methyl/N-ethyl adjacent to an activating group) is 1. The molecule has 0 saturated carbocycles. The average Bonchev–Trinajstić information content (AvgIpc) is 2.75. The lowest BCUT2D eigenvalue weighted by Crippen LogP contribution is -2.45. The fraction of sp³-hybridized carbons (Fsp3) is 0.462. The van der Waals surface area contributed by atoms with Crippen LogP contribution in [0.1, 0.15) is 19.5 Å². The van der Waals surface area contributed by atoms with Gasteiger partial charge in [-0.2, -0.15) is 0 Å². The van der Waals surface area contributed by atoms with Crippen LogP contribution in [0, 0.1) is 0 Å². The number of imidazole rings is 1. The van der Waals surface area contributed by atoms with Gasteiger partial charge in [-0.3, -0.25) is 0 Å². The third-order valence-corrected chi connectivity index (χ3v) is 3.41. The fourth-order valence-electron chi connectivity index (χ4n) is 1.89. The zero-order chi connectivity index (χ0) is 13.3. The minimum absolute atomic E-state index is 0.0569.